The Labute approximate surface area is 176 Å². The number of fused-ring (bicyclic) bond motifs is 1. The van der Waals surface area contributed by atoms with Crippen molar-refractivity contribution in [3.63, 3.8) is 0 Å². The van der Waals surface area contributed by atoms with Gasteiger partial charge in [-0.05, 0) is 57.7 Å². The van der Waals surface area contributed by atoms with E-state index in [1.165, 1.54) is 0 Å². The van der Waals surface area contributed by atoms with Gasteiger partial charge in [0.25, 0.3) is 5.91 Å². The molecule has 0 spiro atoms. The van der Waals surface area contributed by atoms with Crippen LogP contribution in [0.5, 0.6) is 5.75 Å². The van der Waals surface area contributed by atoms with Crippen LogP contribution in [0.25, 0.3) is 10.2 Å². The Bertz CT molecular complexity index is 899. The molecule has 3 aromatic rings. The first-order chi connectivity index (χ1) is 13.0. The number of amides is 1. The van der Waals surface area contributed by atoms with Gasteiger partial charge in [-0.25, -0.2) is 4.98 Å². The molecule has 1 amide bonds. The Morgan fingerprint density at radius 3 is 2.50 bits per heavy atom. The van der Waals surface area contributed by atoms with Gasteiger partial charge in [0.15, 0.2) is 11.7 Å². The number of aryl methyl sites for hydroxylation is 1. The van der Waals surface area contributed by atoms with Crippen LogP contribution in [-0.2, 0) is 4.79 Å². The average molecular weight is 420 g/mol. The molecule has 1 heterocycles. The Hall–Kier alpha value is -2.15. The quantitative estimate of drug-likeness (QED) is 0.543. The summed E-state index contributed by atoms with van der Waals surface area (Å²) in [4.78, 5) is 21.5. The third-order valence-corrected chi connectivity index (χ3v) is 5.28. The number of anilines is 1. The number of benzene rings is 2. The van der Waals surface area contributed by atoms with E-state index >= 15 is 0 Å². The van der Waals surface area contributed by atoms with E-state index < -0.39 is 0 Å². The Morgan fingerprint density at radius 1 is 1.07 bits per heavy atom. The van der Waals surface area contributed by atoms with Crippen LogP contribution < -0.4 is 9.64 Å². The van der Waals surface area contributed by atoms with Gasteiger partial charge >= 0.3 is 0 Å². The zero-order valence-corrected chi connectivity index (χ0v) is 18.1. The molecule has 2 aromatic carbocycles. The summed E-state index contributed by atoms with van der Waals surface area (Å²) in [6.45, 7) is 3.57. The number of aromatic nitrogens is 1. The van der Waals surface area contributed by atoms with E-state index in [2.05, 4.69) is 4.90 Å². The van der Waals surface area contributed by atoms with Crippen LogP contribution in [0.1, 0.15) is 12.0 Å². The lowest BCUT2D eigenvalue weighted by Crippen LogP contribution is -2.36. The maximum Gasteiger partial charge on any atom is 0.266 e. The highest BCUT2D eigenvalue weighted by Crippen LogP contribution is 2.30. The minimum absolute atomic E-state index is 0. The van der Waals surface area contributed by atoms with Crippen LogP contribution in [0.15, 0.2) is 48.5 Å². The average Bonchev–Trinajstić information content (AvgIpc) is 3.09. The maximum atomic E-state index is 12.9. The van der Waals surface area contributed by atoms with Crippen LogP contribution in [0.3, 0.4) is 0 Å². The van der Waals surface area contributed by atoms with Gasteiger partial charge in [-0.15, -0.1) is 12.4 Å². The molecule has 0 aliphatic rings. The Balaban J connectivity index is 0.00000280. The van der Waals surface area contributed by atoms with Crippen molar-refractivity contribution in [3.05, 3.63) is 54.1 Å². The van der Waals surface area contributed by atoms with Crippen molar-refractivity contribution in [2.75, 3.05) is 38.7 Å². The lowest BCUT2D eigenvalue weighted by molar-refractivity contribution is -0.120. The van der Waals surface area contributed by atoms with E-state index in [0.717, 1.165) is 33.9 Å². The molecule has 0 atom stereocenters. The van der Waals surface area contributed by atoms with Gasteiger partial charge < -0.3 is 9.64 Å². The number of ether oxygens (including phenoxy) is 1. The number of para-hydroxylation sites is 2. The summed E-state index contributed by atoms with van der Waals surface area (Å²) in [5.74, 6) is 0.619. The molecule has 0 saturated heterocycles. The molecule has 0 unspecified atom stereocenters. The molecule has 0 saturated carbocycles. The number of hydrogen-bond acceptors (Lipinski definition) is 5. The molecule has 5 nitrogen and oxygen atoms in total. The summed E-state index contributed by atoms with van der Waals surface area (Å²) < 4.78 is 6.77. The van der Waals surface area contributed by atoms with Crippen molar-refractivity contribution < 1.29 is 9.53 Å². The molecule has 0 bridgehead atoms. The van der Waals surface area contributed by atoms with Crippen LogP contribution in [-0.4, -0.2) is 49.6 Å². The third-order valence-electron chi connectivity index (χ3n) is 4.23. The number of carbonyl (C=O) groups excluding carboxylic acids is 1. The molecule has 0 N–H and O–H groups in total. The summed E-state index contributed by atoms with van der Waals surface area (Å²) in [7, 11) is 4.07. The molecule has 150 valence electrons. The number of halogens is 1. The normalized spacial score (nSPS) is 10.7. The zero-order chi connectivity index (χ0) is 19.2. The van der Waals surface area contributed by atoms with Crippen LogP contribution in [0, 0.1) is 6.92 Å². The molecule has 3 rings (SSSR count). The summed E-state index contributed by atoms with van der Waals surface area (Å²) in [5.41, 5.74) is 2.09. The lowest BCUT2D eigenvalue weighted by Gasteiger charge is -2.21. The first kappa shape index (κ1) is 22.1. The second-order valence-electron chi connectivity index (χ2n) is 6.72. The Kier molecular flexibility index (Phi) is 8.23. The minimum Gasteiger partial charge on any atom is -0.484 e. The van der Waals surface area contributed by atoms with Gasteiger partial charge in [0.2, 0.25) is 0 Å². The van der Waals surface area contributed by atoms with E-state index in [9.17, 15) is 4.79 Å². The zero-order valence-electron chi connectivity index (χ0n) is 16.4. The van der Waals surface area contributed by atoms with E-state index in [4.69, 9.17) is 9.72 Å². The standard InChI is InChI=1S/C21H25N3O2S.ClH/c1-16-9-7-12-18-20(16)22-21(27-18)24(14-8-13-23(2)3)19(25)15-26-17-10-5-4-6-11-17;/h4-7,9-12H,8,13-15H2,1-3H3;1H. The monoisotopic (exact) mass is 419 g/mol. The Morgan fingerprint density at radius 2 is 1.82 bits per heavy atom. The van der Waals surface area contributed by atoms with E-state index in [0.29, 0.717) is 12.3 Å². The number of hydrogen-bond donors (Lipinski definition) is 0. The predicted octanol–water partition coefficient (Wildman–Crippen LogP) is 4.39. The van der Waals surface area contributed by atoms with Crippen molar-refractivity contribution >= 4 is 45.0 Å². The highest BCUT2D eigenvalue weighted by atomic mass is 35.5. The van der Waals surface area contributed by atoms with Gasteiger partial charge in [0.1, 0.15) is 5.75 Å². The van der Waals surface area contributed by atoms with Crippen molar-refractivity contribution in [1.29, 1.82) is 0 Å². The molecule has 1 aromatic heterocycles. The van der Waals surface area contributed by atoms with Crippen molar-refractivity contribution in [2.45, 2.75) is 13.3 Å². The summed E-state index contributed by atoms with van der Waals surface area (Å²) >= 11 is 1.55. The molecule has 7 heteroatoms. The fourth-order valence-corrected chi connectivity index (χ4v) is 3.89. The summed E-state index contributed by atoms with van der Waals surface area (Å²) in [6, 6.07) is 15.5. The second kappa shape index (κ2) is 10.4. The van der Waals surface area contributed by atoms with Gasteiger partial charge in [-0.2, -0.15) is 0 Å². The molecular formula is C21H26ClN3O2S. The first-order valence-corrected chi connectivity index (χ1v) is 9.85. The van der Waals surface area contributed by atoms with Gasteiger partial charge in [-0.3, -0.25) is 9.69 Å². The maximum absolute atomic E-state index is 12.9. The van der Waals surface area contributed by atoms with Crippen molar-refractivity contribution in [2.24, 2.45) is 0 Å². The van der Waals surface area contributed by atoms with E-state index in [1.54, 1.807) is 16.2 Å². The smallest absolute Gasteiger partial charge is 0.266 e. The summed E-state index contributed by atoms with van der Waals surface area (Å²) in [6.07, 6.45) is 0.874. The molecule has 0 aliphatic heterocycles. The van der Waals surface area contributed by atoms with E-state index in [1.807, 2.05) is 69.6 Å². The SMILES string of the molecule is Cc1cccc2sc(N(CCCN(C)C)C(=O)COc3ccccc3)nc12.Cl. The van der Waals surface area contributed by atoms with Crippen molar-refractivity contribution in [1.82, 2.24) is 9.88 Å². The third kappa shape index (κ3) is 5.67. The number of carbonyl (C=O) groups is 1. The van der Waals surface area contributed by atoms with Gasteiger partial charge in [-0.1, -0.05) is 41.7 Å². The number of nitrogens with zero attached hydrogens (tertiary/aromatic N) is 3. The molecule has 28 heavy (non-hydrogen) atoms. The fraction of sp³-hybridized carbons (Fsp3) is 0.333. The lowest BCUT2D eigenvalue weighted by atomic mass is 10.2. The van der Waals surface area contributed by atoms with Crippen LogP contribution in [0.2, 0.25) is 0 Å². The summed E-state index contributed by atoms with van der Waals surface area (Å²) in [5, 5.41) is 0.736. The largest absolute Gasteiger partial charge is 0.484 e. The van der Waals surface area contributed by atoms with Crippen molar-refractivity contribution in [3.8, 4) is 5.75 Å². The number of rotatable bonds is 8. The van der Waals surface area contributed by atoms with Gasteiger partial charge in [0.05, 0.1) is 10.2 Å². The van der Waals surface area contributed by atoms with Crippen LogP contribution >= 0.6 is 23.7 Å². The molecule has 0 aliphatic carbocycles. The fourth-order valence-electron chi connectivity index (χ4n) is 2.80. The predicted molar refractivity (Wildman–Crippen MR) is 119 cm³/mol. The van der Waals surface area contributed by atoms with Crippen LogP contribution in [0.4, 0.5) is 5.13 Å². The minimum atomic E-state index is -0.0747. The van der Waals surface area contributed by atoms with E-state index in [-0.39, 0.29) is 24.9 Å². The highest BCUT2D eigenvalue weighted by molar-refractivity contribution is 7.22. The first-order valence-electron chi connectivity index (χ1n) is 9.03. The van der Waals surface area contributed by atoms with Gasteiger partial charge in [0, 0.05) is 6.54 Å². The number of thiazole rings is 1. The highest BCUT2D eigenvalue weighted by Gasteiger charge is 2.20. The molecule has 0 fully saturated rings. The second-order valence-corrected chi connectivity index (χ2v) is 7.73. The topological polar surface area (TPSA) is 45.7 Å². The molecule has 0 radical (unpaired) electrons. The molecular weight excluding hydrogens is 394 g/mol.